The van der Waals surface area contributed by atoms with Gasteiger partial charge in [-0.25, -0.2) is 0 Å². The van der Waals surface area contributed by atoms with Gasteiger partial charge in [0.05, 0.1) is 11.7 Å². The highest BCUT2D eigenvalue weighted by molar-refractivity contribution is 5.81. The van der Waals surface area contributed by atoms with E-state index < -0.39 is 0 Å². The van der Waals surface area contributed by atoms with Gasteiger partial charge in [0.15, 0.2) is 0 Å². The van der Waals surface area contributed by atoms with Gasteiger partial charge in [0.2, 0.25) is 5.91 Å². The Labute approximate surface area is 162 Å². The first kappa shape index (κ1) is 19.6. The summed E-state index contributed by atoms with van der Waals surface area (Å²) in [6.07, 6.45) is 4.28. The summed E-state index contributed by atoms with van der Waals surface area (Å²) in [5.41, 5.74) is 4.61. The molecule has 1 aromatic carbocycles. The Bertz CT molecular complexity index is 753. The van der Waals surface area contributed by atoms with Crippen LogP contribution in [0.3, 0.4) is 0 Å². The van der Waals surface area contributed by atoms with Gasteiger partial charge in [-0.3, -0.25) is 14.4 Å². The predicted octanol–water partition coefficient (Wildman–Crippen LogP) is 3.58. The van der Waals surface area contributed by atoms with E-state index in [-0.39, 0.29) is 11.9 Å². The third-order valence-electron chi connectivity index (χ3n) is 5.55. The summed E-state index contributed by atoms with van der Waals surface area (Å²) in [5.74, 6) is 0.146. The quantitative estimate of drug-likeness (QED) is 0.813. The molecule has 1 fully saturated rings. The Balaban J connectivity index is 1.64. The van der Waals surface area contributed by atoms with Crippen molar-refractivity contribution < 1.29 is 4.79 Å². The summed E-state index contributed by atoms with van der Waals surface area (Å²) in [4.78, 5) is 15.3. The molecule has 1 atom stereocenters. The van der Waals surface area contributed by atoms with Gasteiger partial charge >= 0.3 is 0 Å². The minimum absolute atomic E-state index is 0.0368. The van der Waals surface area contributed by atoms with Crippen LogP contribution in [0.2, 0.25) is 0 Å². The fourth-order valence-electron chi connectivity index (χ4n) is 4.01. The van der Waals surface area contributed by atoms with Crippen molar-refractivity contribution in [3.8, 4) is 0 Å². The molecule has 1 N–H and O–H groups in total. The zero-order valence-electron chi connectivity index (χ0n) is 16.9. The van der Waals surface area contributed by atoms with Gasteiger partial charge in [-0.15, -0.1) is 0 Å². The standard InChI is InChI=1S/C22H32N4O/c1-4-13-26-18(3)20(17(2)24-26)15-23-22(27)21-12-8-9-14-25(21)16-19-10-6-5-7-11-19/h5-7,10-11,21H,4,8-9,12-16H2,1-3H3,(H,23,27). The summed E-state index contributed by atoms with van der Waals surface area (Å²) >= 11 is 0. The number of hydrogen-bond donors (Lipinski definition) is 1. The number of aromatic nitrogens is 2. The fraction of sp³-hybridized carbons (Fsp3) is 0.545. The smallest absolute Gasteiger partial charge is 0.237 e. The van der Waals surface area contributed by atoms with Crippen LogP contribution in [0.5, 0.6) is 0 Å². The number of nitrogens with zero attached hydrogens (tertiary/aromatic N) is 3. The molecule has 5 nitrogen and oxygen atoms in total. The lowest BCUT2D eigenvalue weighted by atomic mass is 10.00. The molecule has 0 radical (unpaired) electrons. The number of piperidine rings is 1. The van der Waals surface area contributed by atoms with Crippen molar-refractivity contribution in [1.29, 1.82) is 0 Å². The molecule has 3 rings (SSSR count). The Morgan fingerprint density at radius 3 is 2.74 bits per heavy atom. The molecule has 1 aliphatic rings. The minimum atomic E-state index is -0.0368. The Morgan fingerprint density at radius 2 is 2.00 bits per heavy atom. The largest absolute Gasteiger partial charge is 0.351 e. The zero-order chi connectivity index (χ0) is 19.2. The minimum Gasteiger partial charge on any atom is -0.351 e. The van der Waals surface area contributed by atoms with E-state index >= 15 is 0 Å². The fourth-order valence-corrected chi connectivity index (χ4v) is 4.01. The van der Waals surface area contributed by atoms with Crippen molar-refractivity contribution in [2.24, 2.45) is 0 Å². The summed E-state index contributed by atoms with van der Waals surface area (Å²) in [6.45, 7) is 9.60. The van der Waals surface area contributed by atoms with E-state index in [0.29, 0.717) is 6.54 Å². The van der Waals surface area contributed by atoms with Crippen LogP contribution in [-0.4, -0.2) is 33.2 Å². The van der Waals surface area contributed by atoms with Gasteiger partial charge < -0.3 is 5.32 Å². The molecule has 2 aromatic rings. The topological polar surface area (TPSA) is 50.2 Å². The van der Waals surface area contributed by atoms with Crippen LogP contribution in [-0.2, 0) is 24.4 Å². The average molecular weight is 369 g/mol. The van der Waals surface area contributed by atoms with Crippen LogP contribution in [0.25, 0.3) is 0 Å². The van der Waals surface area contributed by atoms with E-state index in [9.17, 15) is 4.79 Å². The first-order valence-electron chi connectivity index (χ1n) is 10.2. The van der Waals surface area contributed by atoms with Crippen molar-refractivity contribution >= 4 is 5.91 Å². The molecule has 1 unspecified atom stereocenters. The molecular formula is C22H32N4O. The van der Waals surface area contributed by atoms with E-state index in [2.05, 4.69) is 58.1 Å². The molecule has 27 heavy (non-hydrogen) atoms. The molecule has 2 heterocycles. The normalized spacial score (nSPS) is 17.8. The Morgan fingerprint density at radius 1 is 1.22 bits per heavy atom. The van der Waals surface area contributed by atoms with Crippen LogP contribution < -0.4 is 5.32 Å². The van der Waals surface area contributed by atoms with Crippen molar-refractivity contribution in [2.75, 3.05) is 6.54 Å². The third kappa shape index (κ3) is 4.78. The maximum atomic E-state index is 12.9. The van der Waals surface area contributed by atoms with E-state index in [1.54, 1.807) is 0 Å². The molecule has 1 aliphatic heterocycles. The molecule has 0 spiro atoms. The number of nitrogens with one attached hydrogen (secondary N) is 1. The maximum Gasteiger partial charge on any atom is 0.237 e. The van der Waals surface area contributed by atoms with Crippen molar-refractivity contribution in [2.45, 2.75) is 72.1 Å². The third-order valence-corrected chi connectivity index (χ3v) is 5.55. The van der Waals surface area contributed by atoms with Gasteiger partial charge in [0, 0.05) is 30.9 Å². The number of rotatable bonds is 7. The maximum absolute atomic E-state index is 12.9. The van der Waals surface area contributed by atoms with Gasteiger partial charge in [-0.1, -0.05) is 43.7 Å². The van der Waals surface area contributed by atoms with Crippen LogP contribution in [0.4, 0.5) is 0 Å². The van der Waals surface area contributed by atoms with Crippen LogP contribution >= 0.6 is 0 Å². The second kappa shape index (κ2) is 9.18. The molecule has 0 saturated carbocycles. The second-order valence-electron chi connectivity index (χ2n) is 7.56. The van der Waals surface area contributed by atoms with E-state index in [1.807, 2.05) is 13.0 Å². The summed E-state index contributed by atoms with van der Waals surface area (Å²) < 4.78 is 2.05. The van der Waals surface area contributed by atoms with E-state index in [4.69, 9.17) is 0 Å². The van der Waals surface area contributed by atoms with Crippen LogP contribution in [0.1, 0.15) is 55.1 Å². The highest BCUT2D eigenvalue weighted by Gasteiger charge is 2.28. The van der Waals surface area contributed by atoms with Crippen molar-refractivity contribution in [3.05, 3.63) is 52.8 Å². The van der Waals surface area contributed by atoms with Gasteiger partial charge in [-0.05, 0) is 45.2 Å². The molecule has 1 amide bonds. The number of benzene rings is 1. The molecular weight excluding hydrogens is 336 g/mol. The number of carbonyl (C=O) groups excluding carboxylic acids is 1. The molecule has 0 bridgehead atoms. The van der Waals surface area contributed by atoms with Crippen molar-refractivity contribution in [1.82, 2.24) is 20.0 Å². The summed E-state index contributed by atoms with van der Waals surface area (Å²) in [5, 5.41) is 7.80. The van der Waals surface area contributed by atoms with E-state index in [1.165, 1.54) is 17.7 Å². The lowest BCUT2D eigenvalue weighted by Crippen LogP contribution is -2.48. The van der Waals surface area contributed by atoms with Crippen molar-refractivity contribution in [3.63, 3.8) is 0 Å². The number of carbonyl (C=O) groups is 1. The van der Waals surface area contributed by atoms with Gasteiger partial charge in [0.1, 0.15) is 0 Å². The highest BCUT2D eigenvalue weighted by Crippen LogP contribution is 2.20. The Kier molecular flexibility index (Phi) is 6.67. The van der Waals surface area contributed by atoms with Crippen LogP contribution in [0.15, 0.2) is 30.3 Å². The lowest BCUT2D eigenvalue weighted by Gasteiger charge is -2.34. The summed E-state index contributed by atoms with van der Waals surface area (Å²) in [7, 11) is 0. The predicted molar refractivity (Wildman–Crippen MR) is 108 cm³/mol. The first-order chi connectivity index (χ1) is 13.1. The molecule has 5 heteroatoms. The van der Waals surface area contributed by atoms with Gasteiger partial charge in [0.25, 0.3) is 0 Å². The number of aryl methyl sites for hydroxylation is 2. The molecule has 0 aliphatic carbocycles. The average Bonchev–Trinajstić information content (AvgIpc) is 2.94. The first-order valence-corrected chi connectivity index (χ1v) is 10.2. The van der Waals surface area contributed by atoms with Crippen LogP contribution in [0, 0.1) is 13.8 Å². The Hall–Kier alpha value is -2.14. The second-order valence-corrected chi connectivity index (χ2v) is 7.56. The molecule has 1 saturated heterocycles. The molecule has 146 valence electrons. The number of amides is 1. The zero-order valence-corrected chi connectivity index (χ0v) is 16.9. The van der Waals surface area contributed by atoms with Gasteiger partial charge in [-0.2, -0.15) is 5.10 Å². The highest BCUT2D eigenvalue weighted by atomic mass is 16.2. The molecule has 1 aromatic heterocycles. The number of hydrogen-bond acceptors (Lipinski definition) is 3. The SMILES string of the molecule is CCCn1nc(C)c(CNC(=O)C2CCCCN2Cc2ccccc2)c1C. The lowest BCUT2D eigenvalue weighted by molar-refractivity contribution is -0.128. The van der Waals surface area contributed by atoms with E-state index in [0.717, 1.165) is 50.2 Å². The monoisotopic (exact) mass is 368 g/mol. The summed E-state index contributed by atoms with van der Waals surface area (Å²) in [6, 6.07) is 10.4. The number of likely N-dealkylation sites (tertiary alicyclic amines) is 1.